The van der Waals surface area contributed by atoms with E-state index in [0.717, 1.165) is 51.0 Å². The van der Waals surface area contributed by atoms with Crippen molar-refractivity contribution in [1.82, 2.24) is 14.9 Å². The molecule has 6 nitrogen and oxygen atoms in total. The lowest BCUT2D eigenvalue weighted by Gasteiger charge is -2.27. The van der Waals surface area contributed by atoms with Crippen LogP contribution in [0.25, 0.3) is 0 Å². The van der Waals surface area contributed by atoms with E-state index >= 15 is 0 Å². The summed E-state index contributed by atoms with van der Waals surface area (Å²) in [6, 6.07) is 11.0. The number of hydrogen-bond acceptors (Lipinski definition) is 6. The van der Waals surface area contributed by atoms with Crippen LogP contribution < -0.4 is 10.2 Å². The van der Waals surface area contributed by atoms with Gasteiger partial charge in [0.25, 0.3) is 0 Å². The molecule has 4 rings (SSSR count). The normalized spacial score (nSPS) is 18.6. The lowest BCUT2D eigenvalue weighted by Crippen LogP contribution is -2.36. The fourth-order valence-electron chi connectivity index (χ4n) is 3.92. The number of likely N-dealkylation sites (tertiary alicyclic amines) is 1. The molecule has 0 amide bonds. The minimum atomic E-state index is 0.760. The Labute approximate surface area is 167 Å². The van der Waals surface area contributed by atoms with E-state index in [1.54, 1.807) is 6.33 Å². The zero-order valence-electron chi connectivity index (χ0n) is 16.6. The summed E-state index contributed by atoms with van der Waals surface area (Å²) in [5.41, 5.74) is 2.67. The number of rotatable bonds is 6. The Kier molecular flexibility index (Phi) is 6.73. The first-order chi connectivity index (χ1) is 13.9. The fourth-order valence-corrected chi connectivity index (χ4v) is 3.92. The summed E-state index contributed by atoms with van der Waals surface area (Å²) in [5.74, 6) is 1.83. The summed E-state index contributed by atoms with van der Waals surface area (Å²) in [7, 11) is 0. The smallest absolute Gasteiger partial charge is 0.134 e. The zero-order valence-corrected chi connectivity index (χ0v) is 16.6. The van der Waals surface area contributed by atoms with Gasteiger partial charge in [-0.05, 0) is 37.1 Å². The van der Waals surface area contributed by atoms with E-state index < -0.39 is 0 Å². The first-order valence-electron chi connectivity index (χ1n) is 10.6. The molecule has 6 heteroatoms. The maximum absolute atomic E-state index is 5.42. The van der Waals surface area contributed by atoms with E-state index in [9.17, 15) is 0 Å². The number of nitrogens with one attached hydrogen (secondary N) is 1. The Morgan fingerprint density at radius 2 is 1.57 bits per heavy atom. The van der Waals surface area contributed by atoms with Crippen molar-refractivity contribution in [1.29, 1.82) is 0 Å². The number of nitrogens with zero attached hydrogens (tertiary/aromatic N) is 4. The van der Waals surface area contributed by atoms with Crippen LogP contribution >= 0.6 is 0 Å². The highest BCUT2D eigenvalue weighted by Gasteiger charge is 2.13. The number of ether oxygens (including phenoxy) is 1. The third-order valence-corrected chi connectivity index (χ3v) is 5.59. The summed E-state index contributed by atoms with van der Waals surface area (Å²) >= 11 is 0. The van der Waals surface area contributed by atoms with E-state index in [4.69, 9.17) is 4.74 Å². The molecule has 0 radical (unpaired) electrons. The van der Waals surface area contributed by atoms with E-state index in [1.165, 1.54) is 49.9 Å². The van der Waals surface area contributed by atoms with E-state index in [2.05, 4.69) is 49.4 Å². The Morgan fingerprint density at radius 1 is 0.857 bits per heavy atom. The van der Waals surface area contributed by atoms with Crippen LogP contribution in [-0.2, 0) is 17.8 Å². The molecule has 2 fully saturated rings. The van der Waals surface area contributed by atoms with Gasteiger partial charge in [-0.1, -0.05) is 37.1 Å². The lowest BCUT2D eigenvalue weighted by atomic mass is 10.1. The largest absolute Gasteiger partial charge is 0.378 e. The van der Waals surface area contributed by atoms with Gasteiger partial charge in [0.2, 0.25) is 0 Å². The van der Waals surface area contributed by atoms with Gasteiger partial charge in [-0.2, -0.15) is 0 Å². The van der Waals surface area contributed by atoms with Crippen LogP contribution in [0, 0.1) is 0 Å². The van der Waals surface area contributed by atoms with Crippen molar-refractivity contribution in [2.24, 2.45) is 0 Å². The van der Waals surface area contributed by atoms with E-state index in [-0.39, 0.29) is 0 Å². The van der Waals surface area contributed by atoms with Crippen LogP contribution in [0.1, 0.15) is 36.8 Å². The molecule has 0 unspecified atom stereocenters. The van der Waals surface area contributed by atoms with E-state index in [0.29, 0.717) is 0 Å². The van der Waals surface area contributed by atoms with Crippen LogP contribution in [0.5, 0.6) is 0 Å². The minimum absolute atomic E-state index is 0.760. The van der Waals surface area contributed by atoms with Gasteiger partial charge < -0.3 is 15.0 Å². The van der Waals surface area contributed by atoms with Gasteiger partial charge in [0.1, 0.15) is 18.0 Å². The van der Waals surface area contributed by atoms with Crippen LogP contribution in [0.2, 0.25) is 0 Å². The molecule has 28 heavy (non-hydrogen) atoms. The maximum Gasteiger partial charge on any atom is 0.134 e. The van der Waals surface area contributed by atoms with Crippen molar-refractivity contribution in [3.63, 3.8) is 0 Å². The average molecular weight is 382 g/mol. The number of benzene rings is 1. The Morgan fingerprint density at radius 3 is 2.32 bits per heavy atom. The molecule has 0 bridgehead atoms. The van der Waals surface area contributed by atoms with E-state index in [1.807, 2.05) is 6.07 Å². The first kappa shape index (κ1) is 19.2. The molecule has 0 aliphatic carbocycles. The Bertz CT molecular complexity index is 722. The molecule has 150 valence electrons. The molecular weight excluding hydrogens is 350 g/mol. The van der Waals surface area contributed by atoms with Gasteiger partial charge in [0, 0.05) is 32.2 Å². The summed E-state index contributed by atoms with van der Waals surface area (Å²) in [4.78, 5) is 13.6. The number of aromatic nitrogens is 2. The van der Waals surface area contributed by atoms with Gasteiger partial charge in [0.15, 0.2) is 0 Å². The number of morpholine rings is 1. The van der Waals surface area contributed by atoms with Crippen LogP contribution in [0.4, 0.5) is 11.6 Å². The second-order valence-corrected chi connectivity index (χ2v) is 7.72. The molecule has 2 aliphatic heterocycles. The third kappa shape index (κ3) is 5.42. The highest BCUT2D eigenvalue weighted by molar-refractivity contribution is 5.49. The van der Waals surface area contributed by atoms with Gasteiger partial charge in [-0.25, -0.2) is 9.97 Å². The SMILES string of the molecule is c1nc(NCc2ccc(CN3CCCCCC3)cc2)cc(N2CCOCC2)n1. The third-order valence-electron chi connectivity index (χ3n) is 5.59. The Balaban J connectivity index is 1.30. The highest BCUT2D eigenvalue weighted by atomic mass is 16.5. The molecule has 3 heterocycles. The topological polar surface area (TPSA) is 53.5 Å². The predicted molar refractivity (Wildman–Crippen MR) is 113 cm³/mol. The fraction of sp³-hybridized carbons (Fsp3) is 0.545. The molecule has 0 saturated carbocycles. The molecule has 1 aromatic heterocycles. The standard InChI is InChI=1S/C22H31N5O/c1-2-4-10-26(9-3-1)17-20-7-5-19(6-8-20)16-23-21-15-22(25-18-24-21)27-11-13-28-14-12-27/h5-8,15,18H,1-4,9-14,16-17H2,(H,23,24,25). The predicted octanol–water partition coefficient (Wildman–Crippen LogP) is 3.30. The monoisotopic (exact) mass is 381 g/mol. The molecule has 0 spiro atoms. The quantitative estimate of drug-likeness (QED) is 0.829. The van der Waals surface area contributed by atoms with Gasteiger partial charge >= 0.3 is 0 Å². The van der Waals surface area contributed by atoms with Crippen LogP contribution in [0.15, 0.2) is 36.7 Å². The van der Waals surface area contributed by atoms with Gasteiger partial charge in [-0.15, -0.1) is 0 Å². The van der Waals surface area contributed by atoms with Crippen LogP contribution in [-0.4, -0.2) is 54.3 Å². The lowest BCUT2D eigenvalue weighted by molar-refractivity contribution is 0.122. The van der Waals surface area contributed by atoms with Crippen molar-refractivity contribution in [3.05, 3.63) is 47.8 Å². The average Bonchev–Trinajstić information content (AvgIpc) is 3.03. The van der Waals surface area contributed by atoms with Crippen molar-refractivity contribution in [3.8, 4) is 0 Å². The minimum Gasteiger partial charge on any atom is -0.378 e. The number of hydrogen-bond donors (Lipinski definition) is 1. The van der Waals surface area contributed by atoms with Crippen molar-refractivity contribution in [2.45, 2.75) is 38.8 Å². The molecular formula is C22H31N5O. The second-order valence-electron chi connectivity index (χ2n) is 7.72. The molecule has 2 aromatic rings. The molecule has 2 saturated heterocycles. The molecule has 1 aromatic carbocycles. The number of anilines is 2. The molecule has 1 N–H and O–H groups in total. The maximum atomic E-state index is 5.42. The van der Waals surface area contributed by atoms with Crippen molar-refractivity contribution in [2.75, 3.05) is 49.6 Å². The summed E-state index contributed by atoms with van der Waals surface area (Å²) in [5, 5.41) is 3.43. The molecule has 0 atom stereocenters. The zero-order chi connectivity index (χ0) is 19.0. The van der Waals surface area contributed by atoms with Crippen molar-refractivity contribution < 1.29 is 4.74 Å². The summed E-state index contributed by atoms with van der Waals surface area (Å²) < 4.78 is 5.42. The first-order valence-corrected chi connectivity index (χ1v) is 10.6. The Hall–Kier alpha value is -2.18. The second kappa shape index (κ2) is 9.85. The van der Waals surface area contributed by atoms with Gasteiger partial charge in [-0.3, -0.25) is 4.90 Å². The highest BCUT2D eigenvalue weighted by Crippen LogP contribution is 2.17. The molecule has 2 aliphatic rings. The van der Waals surface area contributed by atoms with Crippen molar-refractivity contribution >= 4 is 11.6 Å². The summed E-state index contributed by atoms with van der Waals surface area (Å²) in [6.07, 6.45) is 7.09. The van der Waals surface area contributed by atoms with Gasteiger partial charge in [0.05, 0.1) is 13.2 Å². The van der Waals surface area contributed by atoms with Crippen LogP contribution in [0.3, 0.4) is 0 Å². The summed E-state index contributed by atoms with van der Waals surface area (Å²) in [6.45, 7) is 7.61.